The van der Waals surface area contributed by atoms with Crippen LogP contribution in [0.1, 0.15) is 155 Å². The average Bonchev–Trinajstić information content (AvgIpc) is 3.18. The topological polar surface area (TPSA) is 152 Å². The van der Waals surface area contributed by atoms with Crippen molar-refractivity contribution in [1.82, 2.24) is 0 Å². The Morgan fingerprint density at radius 1 is 0.582 bits per heavy atom. The lowest BCUT2D eigenvalue weighted by molar-refractivity contribution is -0.305. The average molecular weight is 777 g/mol. The minimum atomic E-state index is -1.60. The molecule has 0 amide bonds. The van der Waals surface area contributed by atoms with E-state index in [-0.39, 0.29) is 26.1 Å². The maximum absolute atomic E-state index is 12.7. The Labute approximate surface area is 332 Å². The third kappa shape index (κ3) is 27.6. The van der Waals surface area contributed by atoms with Crippen molar-refractivity contribution in [1.29, 1.82) is 0 Å². The highest BCUT2D eigenvalue weighted by molar-refractivity contribution is 5.70. The van der Waals surface area contributed by atoms with E-state index in [2.05, 4.69) is 74.6 Å². The third-order valence-corrected chi connectivity index (χ3v) is 9.39. The van der Waals surface area contributed by atoms with Gasteiger partial charge in [0.2, 0.25) is 0 Å². The van der Waals surface area contributed by atoms with Crippen LogP contribution in [0.5, 0.6) is 0 Å². The molecule has 0 radical (unpaired) electrons. The maximum Gasteiger partial charge on any atom is 0.306 e. The van der Waals surface area contributed by atoms with Gasteiger partial charge in [-0.05, 0) is 77.0 Å². The van der Waals surface area contributed by atoms with E-state index in [0.717, 1.165) is 89.9 Å². The van der Waals surface area contributed by atoms with E-state index >= 15 is 0 Å². The summed E-state index contributed by atoms with van der Waals surface area (Å²) in [5.41, 5.74) is 0. The van der Waals surface area contributed by atoms with Crippen molar-refractivity contribution in [2.75, 3.05) is 19.8 Å². The monoisotopic (exact) mass is 777 g/mol. The zero-order chi connectivity index (χ0) is 40.2. The van der Waals surface area contributed by atoms with Gasteiger partial charge in [0.1, 0.15) is 31.0 Å². The first-order valence-electron chi connectivity index (χ1n) is 21.4. The highest BCUT2D eigenvalue weighted by Gasteiger charge is 2.44. The lowest BCUT2D eigenvalue weighted by Gasteiger charge is -2.39. The second-order valence-electron chi connectivity index (χ2n) is 14.4. The zero-order valence-electron chi connectivity index (χ0n) is 34.2. The molecular formula is C45H76O10. The van der Waals surface area contributed by atoms with Gasteiger partial charge in [-0.1, -0.05) is 126 Å². The van der Waals surface area contributed by atoms with Gasteiger partial charge in [-0.3, -0.25) is 9.59 Å². The van der Waals surface area contributed by atoms with Crippen molar-refractivity contribution >= 4 is 11.9 Å². The van der Waals surface area contributed by atoms with Crippen LogP contribution < -0.4 is 0 Å². The van der Waals surface area contributed by atoms with Crippen LogP contribution in [-0.2, 0) is 28.5 Å². The molecule has 0 saturated carbocycles. The van der Waals surface area contributed by atoms with E-state index in [9.17, 15) is 30.0 Å². The summed E-state index contributed by atoms with van der Waals surface area (Å²) in [7, 11) is 0. The highest BCUT2D eigenvalue weighted by Crippen LogP contribution is 2.22. The molecule has 6 atom stereocenters. The van der Waals surface area contributed by atoms with Gasteiger partial charge in [-0.15, -0.1) is 0 Å². The molecule has 0 spiro atoms. The molecule has 10 heteroatoms. The molecule has 10 nitrogen and oxygen atoms in total. The Morgan fingerprint density at radius 3 is 1.62 bits per heavy atom. The number of rotatable bonds is 34. The van der Waals surface area contributed by atoms with E-state index in [1.807, 2.05) is 0 Å². The van der Waals surface area contributed by atoms with Crippen LogP contribution in [0.15, 0.2) is 60.8 Å². The SMILES string of the molecule is CC/C=C/C/C=C/C/C=C/CCCCCCCC(=O)OC(COC(=O)CCCCCCC/C=C/C/C=C/CCCCC)CO[C@@H]1O[C@H](CO)[C@H](O)[C@H](O)[C@H]1O. The number of carbonyl (C=O) groups is 2. The maximum atomic E-state index is 12.7. The molecule has 1 saturated heterocycles. The minimum Gasteiger partial charge on any atom is -0.462 e. The molecule has 1 heterocycles. The second kappa shape index (κ2) is 35.8. The van der Waals surface area contributed by atoms with Gasteiger partial charge in [0, 0.05) is 12.8 Å². The molecule has 1 aliphatic heterocycles. The van der Waals surface area contributed by atoms with Crippen LogP contribution in [0.3, 0.4) is 0 Å². The lowest BCUT2D eigenvalue weighted by Crippen LogP contribution is -2.59. The Balaban J connectivity index is 2.38. The predicted octanol–water partition coefficient (Wildman–Crippen LogP) is 8.66. The molecular weight excluding hydrogens is 700 g/mol. The molecule has 0 aromatic heterocycles. The van der Waals surface area contributed by atoms with E-state index in [1.54, 1.807) is 0 Å². The first kappa shape index (κ1) is 50.4. The Morgan fingerprint density at radius 2 is 1.07 bits per heavy atom. The van der Waals surface area contributed by atoms with Crippen LogP contribution in [-0.4, -0.2) is 89.0 Å². The van der Waals surface area contributed by atoms with E-state index in [1.165, 1.54) is 25.7 Å². The fourth-order valence-corrected chi connectivity index (χ4v) is 6.00. The molecule has 316 valence electrons. The van der Waals surface area contributed by atoms with Crippen molar-refractivity contribution in [3.05, 3.63) is 60.8 Å². The molecule has 0 aliphatic carbocycles. The molecule has 0 aromatic carbocycles. The lowest BCUT2D eigenvalue weighted by atomic mass is 9.99. The summed E-state index contributed by atoms with van der Waals surface area (Å²) in [6, 6.07) is 0. The van der Waals surface area contributed by atoms with Gasteiger partial charge in [-0.25, -0.2) is 0 Å². The summed E-state index contributed by atoms with van der Waals surface area (Å²) in [6.07, 6.45) is 35.1. The summed E-state index contributed by atoms with van der Waals surface area (Å²) >= 11 is 0. The first-order valence-corrected chi connectivity index (χ1v) is 21.4. The van der Waals surface area contributed by atoms with Gasteiger partial charge < -0.3 is 39.4 Å². The number of aliphatic hydroxyl groups is 4. The number of esters is 2. The Hall–Kier alpha value is -2.60. The van der Waals surface area contributed by atoms with Gasteiger partial charge in [-0.2, -0.15) is 0 Å². The molecule has 1 fully saturated rings. The zero-order valence-corrected chi connectivity index (χ0v) is 34.2. The van der Waals surface area contributed by atoms with Crippen LogP contribution in [0.2, 0.25) is 0 Å². The molecule has 1 aliphatic rings. The van der Waals surface area contributed by atoms with Crippen LogP contribution in [0.25, 0.3) is 0 Å². The molecule has 55 heavy (non-hydrogen) atoms. The smallest absolute Gasteiger partial charge is 0.306 e. The number of allylic oxidation sites excluding steroid dienone is 10. The van der Waals surface area contributed by atoms with E-state index < -0.39 is 55.4 Å². The number of aliphatic hydroxyl groups excluding tert-OH is 4. The third-order valence-electron chi connectivity index (χ3n) is 9.39. The number of carbonyl (C=O) groups excluding carboxylic acids is 2. The van der Waals surface area contributed by atoms with Gasteiger partial charge in [0.25, 0.3) is 0 Å². The van der Waals surface area contributed by atoms with Gasteiger partial charge in [0.15, 0.2) is 12.4 Å². The first-order chi connectivity index (χ1) is 26.8. The summed E-state index contributed by atoms with van der Waals surface area (Å²) in [5.74, 6) is -0.848. The number of unbranched alkanes of at least 4 members (excludes halogenated alkanes) is 13. The molecule has 0 bridgehead atoms. The van der Waals surface area contributed by atoms with Crippen molar-refractivity contribution in [3.8, 4) is 0 Å². The normalized spacial score (nSPS) is 21.2. The van der Waals surface area contributed by atoms with Gasteiger partial charge >= 0.3 is 11.9 Å². The summed E-state index contributed by atoms with van der Waals surface area (Å²) < 4.78 is 22.1. The molecule has 1 rings (SSSR count). The van der Waals surface area contributed by atoms with Gasteiger partial charge in [0.05, 0.1) is 13.2 Å². The van der Waals surface area contributed by atoms with E-state index in [4.69, 9.17) is 18.9 Å². The summed E-state index contributed by atoms with van der Waals surface area (Å²) in [6.45, 7) is 3.23. The predicted molar refractivity (Wildman–Crippen MR) is 219 cm³/mol. The quantitative estimate of drug-likeness (QED) is 0.0284. The van der Waals surface area contributed by atoms with Crippen molar-refractivity contribution < 1.29 is 49.0 Å². The van der Waals surface area contributed by atoms with Crippen LogP contribution in [0.4, 0.5) is 0 Å². The van der Waals surface area contributed by atoms with Crippen molar-refractivity contribution in [2.45, 2.75) is 192 Å². The van der Waals surface area contributed by atoms with Crippen molar-refractivity contribution in [2.24, 2.45) is 0 Å². The van der Waals surface area contributed by atoms with Crippen molar-refractivity contribution in [3.63, 3.8) is 0 Å². The fourth-order valence-electron chi connectivity index (χ4n) is 6.00. The molecule has 1 unspecified atom stereocenters. The van der Waals surface area contributed by atoms with E-state index in [0.29, 0.717) is 12.8 Å². The molecule has 0 aromatic rings. The molecule has 4 N–H and O–H groups in total. The highest BCUT2D eigenvalue weighted by atomic mass is 16.7. The summed E-state index contributed by atoms with van der Waals surface area (Å²) in [4.78, 5) is 25.3. The summed E-state index contributed by atoms with van der Waals surface area (Å²) in [5, 5.41) is 40.0. The Kier molecular flexibility index (Phi) is 32.8. The van der Waals surface area contributed by atoms with Crippen LogP contribution in [0, 0.1) is 0 Å². The largest absolute Gasteiger partial charge is 0.462 e. The minimum absolute atomic E-state index is 0.205. The number of hydrogen-bond donors (Lipinski definition) is 4. The number of hydrogen-bond acceptors (Lipinski definition) is 10. The Bertz CT molecular complexity index is 1080. The van der Waals surface area contributed by atoms with Crippen LogP contribution >= 0.6 is 0 Å². The standard InChI is InChI=1S/C45H76O10/c1-3-5-7-9-11-13-15-17-19-21-23-25-27-29-31-33-40(47)52-36-38(37-53-45-44(51)43(50)42(49)39(35-46)55-45)54-41(48)34-32-30-28-26-24-22-20-18-16-14-12-10-8-6-4-2/h6,8,11-14,17-20,38-39,42-46,49-51H,3-5,7,9-10,15-16,21-37H2,1-2H3/b8-6+,13-11+,14-12+,19-17+,20-18+/t38?,39-,42+,43+,44-,45-/m1/s1. The fraction of sp³-hybridized carbons (Fsp3) is 0.733. The second-order valence-corrected chi connectivity index (χ2v) is 14.4. The number of ether oxygens (including phenoxy) is 4.